The van der Waals surface area contributed by atoms with Gasteiger partial charge in [0.2, 0.25) is 26.0 Å². The van der Waals surface area contributed by atoms with Crippen LogP contribution in [0.4, 0.5) is 0 Å². The zero-order valence-electron chi connectivity index (χ0n) is 17.8. The molecule has 11 heteroatoms. The van der Waals surface area contributed by atoms with Crippen molar-refractivity contribution >= 4 is 26.0 Å². The van der Waals surface area contributed by atoms with Crippen LogP contribution >= 0.6 is 0 Å². The molecule has 0 aromatic heterocycles. The highest BCUT2D eigenvalue weighted by Gasteiger charge is 2.26. The van der Waals surface area contributed by atoms with Crippen LogP contribution in [0, 0.1) is 0 Å². The van der Waals surface area contributed by atoms with Gasteiger partial charge in [0.25, 0.3) is 0 Å². The van der Waals surface area contributed by atoms with Crippen LogP contribution < -0.4 is 4.72 Å². The van der Waals surface area contributed by atoms with Gasteiger partial charge in [-0.3, -0.25) is 4.79 Å². The van der Waals surface area contributed by atoms with Gasteiger partial charge in [0, 0.05) is 39.6 Å². The zero-order chi connectivity index (χ0) is 23.2. The normalized spacial score (nSPS) is 15.4. The number of benzene rings is 2. The average molecular weight is 482 g/mol. The Kier molecular flexibility index (Phi) is 8.01. The Labute approximate surface area is 189 Å². The summed E-state index contributed by atoms with van der Waals surface area (Å²) in [5.74, 6) is -0.191. The van der Waals surface area contributed by atoms with Crippen molar-refractivity contribution in [1.82, 2.24) is 13.9 Å². The predicted octanol–water partition coefficient (Wildman–Crippen LogP) is 1.03. The highest BCUT2D eigenvalue weighted by Crippen LogP contribution is 2.19. The van der Waals surface area contributed by atoms with Crippen molar-refractivity contribution in [2.75, 3.05) is 39.9 Å². The van der Waals surface area contributed by atoms with Crippen molar-refractivity contribution in [3.05, 3.63) is 60.2 Å². The van der Waals surface area contributed by atoms with Crippen molar-refractivity contribution in [1.29, 1.82) is 0 Å². The lowest BCUT2D eigenvalue weighted by molar-refractivity contribution is -0.130. The fourth-order valence-electron chi connectivity index (χ4n) is 3.24. The van der Waals surface area contributed by atoms with Gasteiger partial charge in [-0.25, -0.2) is 21.6 Å². The number of rotatable bonds is 9. The summed E-state index contributed by atoms with van der Waals surface area (Å²) < 4.78 is 59.2. The molecule has 2 aromatic carbocycles. The van der Waals surface area contributed by atoms with Gasteiger partial charge in [-0.1, -0.05) is 30.3 Å². The maximum Gasteiger partial charge on any atom is 0.243 e. The van der Waals surface area contributed by atoms with Crippen molar-refractivity contribution in [3.63, 3.8) is 0 Å². The van der Waals surface area contributed by atoms with Crippen molar-refractivity contribution in [3.8, 4) is 0 Å². The van der Waals surface area contributed by atoms with E-state index < -0.39 is 20.0 Å². The highest BCUT2D eigenvalue weighted by atomic mass is 32.2. The molecule has 174 valence electrons. The van der Waals surface area contributed by atoms with E-state index >= 15 is 0 Å². The minimum Gasteiger partial charge on any atom is -0.379 e. The SMILES string of the molecule is CN(Cc1ccccc1)C(=O)CCNS(=O)(=O)c1ccc(S(=O)(=O)N2CCOCC2)cc1. The van der Waals surface area contributed by atoms with Crippen molar-refractivity contribution < 1.29 is 26.4 Å². The molecular formula is C21H27N3O6S2. The summed E-state index contributed by atoms with van der Waals surface area (Å²) in [5.41, 5.74) is 0.982. The van der Waals surface area contributed by atoms with E-state index in [9.17, 15) is 21.6 Å². The van der Waals surface area contributed by atoms with Gasteiger partial charge in [-0.05, 0) is 29.8 Å². The fourth-order valence-corrected chi connectivity index (χ4v) is 5.68. The third kappa shape index (κ3) is 6.14. The van der Waals surface area contributed by atoms with E-state index in [2.05, 4.69) is 4.72 Å². The molecule has 0 aliphatic carbocycles. The van der Waals surface area contributed by atoms with Crippen LogP contribution in [0.25, 0.3) is 0 Å². The molecule has 0 saturated carbocycles. The molecule has 0 bridgehead atoms. The van der Waals surface area contributed by atoms with Gasteiger partial charge < -0.3 is 9.64 Å². The fraction of sp³-hybridized carbons (Fsp3) is 0.381. The Morgan fingerprint density at radius 1 is 0.969 bits per heavy atom. The summed E-state index contributed by atoms with van der Waals surface area (Å²) in [6, 6.07) is 14.5. The number of hydrogen-bond donors (Lipinski definition) is 1. The Hall–Kier alpha value is -2.31. The highest BCUT2D eigenvalue weighted by molar-refractivity contribution is 7.89. The summed E-state index contributed by atoms with van der Waals surface area (Å²) >= 11 is 0. The number of morpholine rings is 1. The molecule has 0 radical (unpaired) electrons. The number of nitrogens with one attached hydrogen (secondary N) is 1. The van der Waals surface area contributed by atoms with Crippen LogP contribution in [0.3, 0.4) is 0 Å². The lowest BCUT2D eigenvalue weighted by Gasteiger charge is -2.26. The van der Waals surface area contributed by atoms with Gasteiger partial charge in [0.1, 0.15) is 0 Å². The largest absolute Gasteiger partial charge is 0.379 e. The average Bonchev–Trinajstić information content (AvgIpc) is 2.80. The molecule has 3 rings (SSSR count). The quantitative estimate of drug-likeness (QED) is 0.573. The Bertz CT molecular complexity index is 1110. The molecule has 1 aliphatic heterocycles. The third-order valence-electron chi connectivity index (χ3n) is 5.06. The van der Waals surface area contributed by atoms with E-state index in [0.29, 0.717) is 19.8 Å². The number of amides is 1. The molecule has 1 heterocycles. The summed E-state index contributed by atoms with van der Waals surface area (Å²) in [5, 5.41) is 0. The van der Waals surface area contributed by atoms with E-state index in [1.807, 2.05) is 30.3 Å². The van der Waals surface area contributed by atoms with Gasteiger partial charge in [-0.2, -0.15) is 4.31 Å². The van der Waals surface area contributed by atoms with E-state index in [1.165, 1.54) is 33.5 Å². The molecule has 0 atom stereocenters. The maximum atomic E-state index is 12.7. The molecule has 1 saturated heterocycles. The smallest absolute Gasteiger partial charge is 0.243 e. The molecular weight excluding hydrogens is 454 g/mol. The number of ether oxygens (including phenoxy) is 1. The van der Waals surface area contributed by atoms with Gasteiger partial charge in [0.05, 0.1) is 23.0 Å². The molecule has 1 fully saturated rings. The Morgan fingerprint density at radius 3 is 2.19 bits per heavy atom. The predicted molar refractivity (Wildman–Crippen MR) is 119 cm³/mol. The Morgan fingerprint density at radius 2 is 1.56 bits per heavy atom. The summed E-state index contributed by atoms with van der Waals surface area (Å²) in [6.07, 6.45) is 0.00601. The van der Waals surface area contributed by atoms with Crippen LogP contribution in [0.1, 0.15) is 12.0 Å². The first-order valence-electron chi connectivity index (χ1n) is 10.2. The zero-order valence-corrected chi connectivity index (χ0v) is 19.4. The second-order valence-corrected chi connectivity index (χ2v) is 11.1. The number of carbonyl (C=O) groups is 1. The van der Waals surface area contributed by atoms with Crippen molar-refractivity contribution in [2.45, 2.75) is 22.8 Å². The minimum absolute atomic E-state index is 0.00601. The third-order valence-corrected chi connectivity index (χ3v) is 8.45. The van der Waals surface area contributed by atoms with Crippen LogP contribution in [-0.4, -0.2) is 71.8 Å². The monoisotopic (exact) mass is 481 g/mol. The minimum atomic E-state index is -3.88. The molecule has 0 unspecified atom stereocenters. The number of nitrogens with zero attached hydrogens (tertiary/aromatic N) is 2. The lowest BCUT2D eigenvalue weighted by atomic mass is 10.2. The Balaban J connectivity index is 1.55. The van der Waals surface area contributed by atoms with E-state index in [4.69, 9.17) is 4.74 Å². The van der Waals surface area contributed by atoms with Crippen molar-refractivity contribution in [2.24, 2.45) is 0 Å². The number of carbonyl (C=O) groups excluding carboxylic acids is 1. The van der Waals surface area contributed by atoms with E-state index in [-0.39, 0.29) is 41.8 Å². The second-order valence-electron chi connectivity index (χ2n) is 7.37. The van der Waals surface area contributed by atoms with Crippen LogP contribution in [0.15, 0.2) is 64.4 Å². The first-order valence-corrected chi connectivity index (χ1v) is 13.1. The topological polar surface area (TPSA) is 113 Å². The molecule has 1 N–H and O–H groups in total. The van der Waals surface area contributed by atoms with Crippen LogP contribution in [0.2, 0.25) is 0 Å². The van der Waals surface area contributed by atoms with Gasteiger partial charge in [0.15, 0.2) is 0 Å². The second kappa shape index (κ2) is 10.5. The van der Waals surface area contributed by atoms with Gasteiger partial charge >= 0.3 is 0 Å². The summed E-state index contributed by atoms with van der Waals surface area (Å²) in [7, 11) is -5.91. The lowest BCUT2D eigenvalue weighted by Crippen LogP contribution is -2.40. The molecule has 32 heavy (non-hydrogen) atoms. The summed E-state index contributed by atoms with van der Waals surface area (Å²) in [6.45, 7) is 1.55. The molecule has 2 aromatic rings. The van der Waals surface area contributed by atoms with Crippen LogP contribution in [-0.2, 0) is 36.1 Å². The standard InChI is InChI=1S/C21H27N3O6S2/c1-23(17-18-5-3-2-4-6-18)21(25)11-12-22-31(26,27)19-7-9-20(10-8-19)32(28,29)24-13-15-30-16-14-24/h2-10,22H,11-17H2,1H3. The molecule has 1 aliphatic rings. The summed E-state index contributed by atoms with van der Waals surface area (Å²) in [4.78, 5) is 13.8. The first kappa shape index (κ1) is 24.3. The number of sulfonamides is 2. The first-order chi connectivity index (χ1) is 15.2. The molecule has 1 amide bonds. The number of hydrogen-bond acceptors (Lipinski definition) is 6. The van der Waals surface area contributed by atoms with E-state index in [1.54, 1.807) is 7.05 Å². The molecule has 0 spiro atoms. The maximum absolute atomic E-state index is 12.7. The van der Waals surface area contributed by atoms with Gasteiger partial charge in [-0.15, -0.1) is 0 Å². The van der Waals surface area contributed by atoms with Crippen LogP contribution in [0.5, 0.6) is 0 Å². The molecule has 9 nitrogen and oxygen atoms in total. The van der Waals surface area contributed by atoms with E-state index in [0.717, 1.165) is 5.56 Å².